The molecule has 0 atom stereocenters. The normalized spacial score (nSPS) is 14.5. The van der Waals surface area contributed by atoms with Gasteiger partial charge in [0.1, 0.15) is 5.75 Å². The van der Waals surface area contributed by atoms with Gasteiger partial charge in [0.25, 0.3) is 5.91 Å². The fourth-order valence-electron chi connectivity index (χ4n) is 3.12. The van der Waals surface area contributed by atoms with Crippen LogP contribution in [0.2, 0.25) is 5.15 Å². The molecule has 1 aromatic heterocycles. The van der Waals surface area contributed by atoms with Crippen molar-refractivity contribution in [2.24, 2.45) is 0 Å². The van der Waals surface area contributed by atoms with E-state index in [0.29, 0.717) is 33.5 Å². The number of pyridine rings is 1. The van der Waals surface area contributed by atoms with Crippen LogP contribution in [-0.2, 0) is 16.0 Å². The van der Waals surface area contributed by atoms with Gasteiger partial charge >= 0.3 is 0 Å². The maximum Gasteiger partial charge on any atom is 0.259 e. The van der Waals surface area contributed by atoms with Crippen LogP contribution in [0.4, 0.5) is 5.69 Å². The van der Waals surface area contributed by atoms with Gasteiger partial charge in [0, 0.05) is 34.9 Å². The van der Waals surface area contributed by atoms with Crippen molar-refractivity contribution in [2.75, 3.05) is 5.32 Å². The van der Waals surface area contributed by atoms with Crippen LogP contribution in [0, 0.1) is 0 Å². The minimum absolute atomic E-state index is 0.0266. The third kappa shape index (κ3) is 3.98. The van der Waals surface area contributed by atoms with Crippen molar-refractivity contribution in [3.63, 3.8) is 0 Å². The number of amides is 1. The summed E-state index contributed by atoms with van der Waals surface area (Å²) in [6, 6.07) is 7.70. The van der Waals surface area contributed by atoms with Crippen LogP contribution in [0.25, 0.3) is 0 Å². The number of allylic oxidation sites excluding steroid dienone is 4. The minimum atomic E-state index is -0.567. The molecular formula is C22H19ClN2O4. The molecule has 29 heavy (non-hydrogen) atoms. The topological polar surface area (TPSA) is 96.4 Å². The number of rotatable bonds is 4. The Kier molecular flexibility index (Phi) is 5.66. The zero-order valence-corrected chi connectivity index (χ0v) is 16.9. The van der Waals surface area contributed by atoms with E-state index in [-0.39, 0.29) is 34.5 Å². The van der Waals surface area contributed by atoms with Crippen molar-refractivity contribution in [3.8, 4) is 5.75 Å². The first-order valence-electron chi connectivity index (χ1n) is 8.91. The number of nitrogens with one attached hydrogen (secondary N) is 1. The van der Waals surface area contributed by atoms with E-state index in [1.807, 2.05) is 0 Å². The fourth-order valence-corrected chi connectivity index (χ4v) is 3.28. The second kappa shape index (κ2) is 8.01. The predicted octanol–water partition coefficient (Wildman–Crippen LogP) is 4.04. The molecule has 148 valence electrons. The summed E-state index contributed by atoms with van der Waals surface area (Å²) in [4.78, 5) is 41.5. The number of carbonyl (C=O) groups is 3. The summed E-state index contributed by atoms with van der Waals surface area (Å²) in [5.41, 5.74) is 2.64. The van der Waals surface area contributed by atoms with Crippen molar-refractivity contribution in [1.82, 2.24) is 4.98 Å². The highest BCUT2D eigenvalue weighted by Crippen LogP contribution is 2.29. The lowest BCUT2D eigenvalue weighted by atomic mass is 9.83. The summed E-state index contributed by atoms with van der Waals surface area (Å²) in [5, 5.41) is 12.9. The quantitative estimate of drug-likeness (QED) is 0.585. The van der Waals surface area contributed by atoms with Crippen LogP contribution < -0.4 is 5.32 Å². The molecular weight excluding hydrogens is 392 g/mol. The monoisotopic (exact) mass is 410 g/mol. The third-order valence-electron chi connectivity index (χ3n) is 5.00. The standard InChI is InChI=1S/C22H19ClN2O4/c1-11-12(2)20(28)15(13(3)19(11)27)9-14-6-7-18(26)16(10-14)22(29)25-17-5-4-8-24-21(17)23/h4-8,10,26H,9H2,1-3H3,(H,25,29). The number of anilines is 1. The molecule has 7 heteroatoms. The van der Waals surface area contributed by atoms with Gasteiger partial charge in [0.2, 0.25) is 0 Å². The van der Waals surface area contributed by atoms with Crippen molar-refractivity contribution in [2.45, 2.75) is 27.2 Å². The lowest BCUT2D eigenvalue weighted by Crippen LogP contribution is -2.22. The number of phenols is 1. The molecule has 0 unspecified atom stereocenters. The predicted molar refractivity (Wildman–Crippen MR) is 110 cm³/mol. The average Bonchev–Trinajstić information content (AvgIpc) is 2.71. The van der Waals surface area contributed by atoms with Gasteiger partial charge in [-0.05, 0) is 50.6 Å². The Hall–Kier alpha value is -3.25. The molecule has 3 rings (SSSR count). The third-order valence-corrected chi connectivity index (χ3v) is 5.31. The largest absolute Gasteiger partial charge is 0.507 e. The number of Topliss-reactive ketones (excluding diaryl/α,β-unsaturated/α-hetero) is 2. The maximum atomic E-state index is 12.6. The number of halogens is 1. The summed E-state index contributed by atoms with van der Waals surface area (Å²) in [7, 11) is 0. The molecule has 1 aliphatic carbocycles. The van der Waals surface area contributed by atoms with E-state index in [1.165, 1.54) is 18.3 Å². The van der Waals surface area contributed by atoms with E-state index in [2.05, 4.69) is 10.3 Å². The van der Waals surface area contributed by atoms with E-state index >= 15 is 0 Å². The smallest absolute Gasteiger partial charge is 0.259 e. The summed E-state index contributed by atoms with van der Waals surface area (Å²) >= 11 is 5.96. The molecule has 1 aliphatic rings. The Bertz CT molecular complexity index is 1120. The fraction of sp³-hybridized carbons (Fsp3) is 0.182. The second-order valence-corrected chi connectivity index (χ2v) is 7.19. The molecule has 2 N–H and O–H groups in total. The van der Waals surface area contributed by atoms with Crippen molar-refractivity contribution < 1.29 is 19.5 Å². The molecule has 0 saturated carbocycles. The number of aromatic hydroxyl groups is 1. The summed E-state index contributed by atoms with van der Waals surface area (Å²) in [6.45, 7) is 4.90. The van der Waals surface area contributed by atoms with Crippen molar-refractivity contribution >= 4 is 34.8 Å². The lowest BCUT2D eigenvalue weighted by molar-refractivity contribution is -0.116. The number of nitrogens with zero attached hydrogens (tertiary/aromatic N) is 1. The number of benzene rings is 1. The molecule has 0 aliphatic heterocycles. The Morgan fingerprint density at radius 3 is 2.45 bits per heavy atom. The summed E-state index contributed by atoms with van der Waals surface area (Å²) in [5.74, 6) is -1.11. The highest BCUT2D eigenvalue weighted by Gasteiger charge is 2.28. The van der Waals surface area contributed by atoms with E-state index < -0.39 is 5.91 Å². The molecule has 0 fully saturated rings. The SMILES string of the molecule is CC1=C(C)C(=O)C(Cc2ccc(O)c(C(=O)Nc3cccnc3Cl)c2)=C(C)C1=O. The zero-order valence-electron chi connectivity index (χ0n) is 16.2. The maximum absolute atomic E-state index is 12.6. The number of aromatic nitrogens is 1. The van der Waals surface area contributed by atoms with Gasteiger partial charge in [-0.1, -0.05) is 17.7 Å². The van der Waals surface area contributed by atoms with Gasteiger partial charge in [-0.2, -0.15) is 0 Å². The van der Waals surface area contributed by atoms with Crippen LogP contribution in [-0.4, -0.2) is 27.6 Å². The molecule has 1 heterocycles. The van der Waals surface area contributed by atoms with Gasteiger partial charge in [-0.25, -0.2) is 4.98 Å². The minimum Gasteiger partial charge on any atom is -0.507 e. The first kappa shape index (κ1) is 20.5. The molecule has 0 spiro atoms. The van der Waals surface area contributed by atoms with Crippen molar-refractivity contribution in [1.29, 1.82) is 0 Å². The highest BCUT2D eigenvalue weighted by molar-refractivity contribution is 6.32. The van der Waals surface area contributed by atoms with E-state index in [1.54, 1.807) is 39.0 Å². The molecule has 0 radical (unpaired) electrons. The highest BCUT2D eigenvalue weighted by atomic mass is 35.5. The van der Waals surface area contributed by atoms with E-state index in [4.69, 9.17) is 11.6 Å². The number of hydrogen-bond acceptors (Lipinski definition) is 5. The van der Waals surface area contributed by atoms with Crippen LogP contribution in [0.3, 0.4) is 0 Å². The Labute approximate surface area is 172 Å². The first-order valence-corrected chi connectivity index (χ1v) is 9.29. The summed E-state index contributed by atoms with van der Waals surface area (Å²) < 4.78 is 0. The van der Waals surface area contributed by atoms with Crippen molar-refractivity contribution in [3.05, 3.63) is 75.1 Å². The second-order valence-electron chi connectivity index (χ2n) is 6.84. The molecule has 1 aromatic carbocycles. The van der Waals surface area contributed by atoms with Gasteiger partial charge in [-0.15, -0.1) is 0 Å². The Morgan fingerprint density at radius 1 is 1.07 bits per heavy atom. The molecule has 6 nitrogen and oxygen atoms in total. The molecule has 0 bridgehead atoms. The zero-order chi connectivity index (χ0) is 21.3. The van der Waals surface area contributed by atoms with Crippen LogP contribution in [0.15, 0.2) is 58.8 Å². The number of hydrogen-bond donors (Lipinski definition) is 2. The Morgan fingerprint density at radius 2 is 1.76 bits per heavy atom. The lowest BCUT2D eigenvalue weighted by Gasteiger charge is -2.19. The first-order chi connectivity index (χ1) is 13.7. The molecule has 1 amide bonds. The Balaban J connectivity index is 1.90. The molecule has 2 aromatic rings. The van der Waals surface area contributed by atoms with Gasteiger partial charge in [0.15, 0.2) is 16.7 Å². The number of phenolic OH excluding ortho intramolecular Hbond substituents is 1. The van der Waals surface area contributed by atoms with E-state index in [0.717, 1.165) is 0 Å². The number of ketones is 2. The van der Waals surface area contributed by atoms with Crippen LogP contribution in [0.5, 0.6) is 5.75 Å². The van der Waals surface area contributed by atoms with Gasteiger partial charge < -0.3 is 10.4 Å². The van der Waals surface area contributed by atoms with Crippen LogP contribution in [0.1, 0.15) is 36.7 Å². The van der Waals surface area contributed by atoms with E-state index in [9.17, 15) is 19.5 Å². The average molecular weight is 411 g/mol. The van der Waals surface area contributed by atoms with Gasteiger partial charge in [-0.3, -0.25) is 14.4 Å². The van der Waals surface area contributed by atoms with Gasteiger partial charge in [0.05, 0.1) is 11.3 Å². The van der Waals surface area contributed by atoms with Crippen LogP contribution >= 0.6 is 11.6 Å². The number of carbonyl (C=O) groups excluding carboxylic acids is 3. The molecule has 0 saturated heterocycles. The summed E-state index contributed by atoms with van der Waals surface area (Å²) in [6.07, 6.45) is 1.67.